The van der Waals surface area contributed by atoms with Crippen LogP contribution in [0.25, 0.3) is 0 Å². The van der Waals surface area contributed by atoms with E-state index in [1.165, 1.54) is 55.6 Å². The quantitative estimate of drug-likeness (QED) is 0.118. The van der Waals surface area contributed by atoms with Crippen LogP contribution >= 0.6 is 11.6 Å². The number of halogens is 1. The standard InChI is InChI=1S/C34H27ClN2O7/c1-43-23-4-2-3-20(15-23)34(42)44-22-11-7-18(8-12-22)28(38)17-36(31(39)19-5-9-21(35)10-6-19)37-32(40)29-24-13-14-25(27-16-26(24)27)30(29)33(37)41/h2-15,24-27,29-30H,16-17H2,1H3/t24-,25-,26-,27+,29+,30+/m0/s1. The number of ketones is 1. The molecule has 3 fully saturated rings. The molecule has 1 saturated heterocycles. The lowest BCUT2D eigenvalue weighted by Gasteiger charge is -2.37. The highest BCUT2D eigenvalue weighted by molar-refractivity contribution is 6.30. The molecule has 4 aliphatic carbocycles. The van der Waals surface area contributed by atoms with Gasteiger partial charge in [-0.25, -0.2) is 9.80 Å². The highest BCUT2D eigenvalue weighted by Crippen LogP contribution is 2.65. The summed E-state index contributed by atoms with van der Waals surface area (Å²) in [4.78, 5) is 67.7. The second-order valence-electron chi connectivity index (χ2n) is 11.6. The van der Waals surface area contributed by atoms with E-state index in [-0.39, 0.29) is 28.7 Å². The normalized spacial score (nSPS) is 25.7. The predicted octanol–water partition coefficient (Wildman–Crippen LogP) is 4.86. The maximum absolute atomic E-state index is 13.8. The van der Waals surface area contributed by atoms with E-state index in [1.54, 1.807) is 24.3 Å². The third kappa shape index (κ3) is 4.68. The Morgan fingerprint density at radius 2 is 1.43 bits per heavy atom. The minimum Gasteiger partial charge on any atom is -0.497 e. The Morgan fingerprint density at radius 3 is 2.05 bits per heavy atom. The molecule has 2 saturated carbocycles. The number of ether oxygens (including phenoxy) is 2. The Balaban J connectivity index is 1.13. The first-order chi connectivity index (χ1) is 21.2. The SMILES string of the molecule is COc1cccc(C(=O)Oc2ccc(C(=O)CN(C(=O)c3ccc(Cl)cc3)N3C(=O)[C@@H]4[C@H]5C=C[C@@H]([C@@H]6C[C@H]56)[C@H]4C3=O)cc2)c1. The maximum Gasteiger partial charge on any atom is 0.343 e. The molecule has 0 aromatic heterocycles. The molecule has 0 radical (unpaired) electrons. The van der Waals surface area contributed by atoms with E-state index in [4.69, 9.17) is 21.1 Å². The molecule has 0 spiro atoms. The topological polar surface area (TPSA) is 110 Å². The molecule has 3 aromatic rings. The molecule has 5 aliphatic rings. The Labute approximate surface area is 257 Å². The van der Waals surface area contributed by atoms with Gasteiger partial charge in [0.1, 0.15) is 18.0 Å². The lowest BCUT2D eigenvalue weighted by atomic mass is 9.63. The van der Waals surface area contributed by atoms with Crippen LogP contribution in [0.4, 0.5) is 0 Å². The minimum atomic E-state index is -0.662. The molecular formula is C34H27ClN2O7. The molecule has 44 heavy (non-hydrogen) atoms. The van der Waals surface area contributed by atoms with Crippen molar-refractivity contribution in [3.63, 3.8) is 0 Å². The van der Waals surface area contributed by atoms with Crippen LogP contribution in [-0.2, 0) is 9.59 Å². The molecule has 1 aliphatic heterocycles. The van der Waals surface area contributed by atoms with Crippen LogP contribution in [0.2, 0.25) is 5.02 Å². The summed E-state index contributed by atoms with van der Waals surface area (Å²) >= 11 is 6.02. The molecule has 8 rings (SSSR count). The number of carbonyl (C=O) groups is 5. The van der Waals surface area contributed by atoms with Crippen LogP contribution in [0.3, 0.4) is 0 Å². The predicted molar refractivity (Wildman–Crippen MR) is 158 cm³/mol. The summed E-state index contributed by atoms with van der Waals surface area (Å²) in [6.07, 6.45) is 5.11. The molecule has 6 atom stereocenters. The number of rotatable bonds is 8. The Hall–Kier alpha value is -4.76. The number of benzene rings is 3. The van der Waals surface area contributed by atoms with E-state index in [0.717, 1.165) is 16.4 Å². The largest absolute Gasteiger partial charge is 0.497 e. The Morgan fingerprint density at radius 1 is 0.818 bits per heavy atom. The molecule has 222 valence electrons. The summed E-state index contributed by atoms with van der Waals surface area (Å²) in [6, 6.07) is 18.4. The minimum absolute atomic E-state index is 0.0353. The molecule has 2 bridgehead atoms. The van der Waals surface area contributed by atoms with Crippen LogP contribution in [0.15, 0.2) is 84.9 Å². The van der Waals surface area contributed by atoms with Crippen LogP contribution < -0.4 is 9.47 Å². The van der Waals surface area contributed by atoms with E-state index >= 15 is 0 Å². The van der Waals surface area contributed by atoms with Crippen LogP contribution in [0.5, 0.6) is 11.5 Å². The summed E-state index contributed by atoms with van der Waals surface area (Å²) in [6.45, 7) is -0.545. The van der Waals surface area contributed by atoms with Crippen molar-refractivity contribution < 1.29 is 33.4 Å². The van der Waals surface area contributed by atoms with Gasteiger partial charge < -0.3 is 9.47 Å². The fourth-order valence-corrected chi connectivity index (χ4v) is 7.13. The summed E-state index contributed by atoms with van der Waals surface area (Å²) in [7, 11) is 1.50. The maximum atomic E-state index is 13.8. The molecule has 1 heterocycles. The first kappa shape index (κ1) is 28.0. The highest BCUT2D eigenvalue weighted by Gasteiger charge is 2.68. The first-order valence-corrected chi connectivity index (χ1v) is 14.8. The Kier molecular flexibility index (Phi) is 6.85. The van der Waals surface area contributed by atoms with Gasteiger partial charge in [-0.2, -0.15) is 5.01 Å². The highest BCUT2D eigenvalue weighted by atomic mass is 35.5. The third-order valence-electron chi connectivity index (χ3n) is 9.19. The van der Waals surface area contributed by atoms with Crippen molar-refractivity contribution in [1.82, 2.24) is 10.0 Å². The van der Waals surface area contributed by atoms with Gasteiger partial charge in [0.05, 0.1) is 24.5 Å². The number of carbonyl (C=O) groups excluding carboxylic acids is 5. The number of Topliss-reactive ketones (excluding diaryl/α,β-unsaturated/α-hetero) is 1. The average molecular weight is 611 g/mol. The molecule has 3 amide bonds. The second-order valence-corrected chi connectivity index (χ2v) is 12.0. The Bertz CT molecular complexity index is 1700. The van der Waals surface area contributed by atoms with Gasteiger partial charge >= 0.3 is 5.97 Å². The van der Waals surface area contributed by atoms with Gasteiger partial charge in [-0.1, -0.05) is 29.8 Å². The van der Waals surface area contributed by atoms with Gasteiger partial charge in [0.15, 0.2) is 5.78 Å². The molecule has 3 aromatic carbocycles. The lowest BCUT2D eigenvalue weighted by Crippen LogP contribution is -2.52. The fraction of sp³-hybridized carbons (Fsp3) is 0.265. The number of hydrogen-bond acceptors (Lipinski definition) is 7. The molecule has 0 unspecified atom stereocenters. The fourth-order valence-electron chi connectivity index (χ4n) is 7.01. The average Bonchev–Trinajstić information content (AvgIpc) is 3.83. The number of nitrogens with zero attached hydrogens (tertiary/aromatic N) is 2. The van der Waals surface area contributed by atoms with Crippen LogP contribution in [0.1, 0.15) is 37.5 Å². The monoisotopic (exact) mass is 610 g/mol. The van der Waals surface area contributed by atoms with Crippen LogP contribution in [0, 0.1) is 35.5 Å². The van der Waals surface area contributed by atoms with E-state index in [2.05, 4.69) is 0 Å². The van der Waals surface area contributed by atoms with E-state index < -0.39 is 47.9 Å². The number of imide groups is 1. The molecule has 0 N–H and O–H groups in total. The van der Waals surface area contributed by atoms with Gasteiger partial charge in [0, 0.05) is 16.1 Å². The van der Waals surface area contributed by atoms with Crippen molar-refractivity contribution in [3.8, 4) is 11.5 Å². The van der Waals surface area contributed by atoms with Crippen molar-refractivity contribution in [1.29, 1.82) is 0 Å². The third-order valence-corrected chi connectivity index (χ3v) is 9.44. The van der Waals surface area contributed by atoms with Gasteiger partial charge in [0.25, 0.3) is 17.7 Å². The zero-order valence-corrected chi connectivity index (χ0v) is 24.3. The molecule has 9 nitrogen and oxygen atoms in total. The summed E-state index contributed by atoms with van der Waals surface area (Å²) in [5, 5.41) is 2.29. The molecular weight excluding hydrogens is 584 g/mol. The van der Waals surface area contributed by atoms with Gasteiger partial charge in [-0.15, -0.1) is 0 Å². The van der Waals surface area contributed by atoms with Gasteiger partial charge in [-0.3, -0.25) is 19.2 Å². The van der Waals surface area contributed by atoms with Crippen molar-refractivity contribution >= 4 is 41.1 Å². The van der Waals surface area contributed by atoms with Crippen molar-refractivity contribution in [2.75, 3.05) is 13.7 Å². The van der Waals surface area contributed by atoms with Crippen molar-refractivity contribution in [3.05, 3.63) is 107 Å². The summed E-state index contributed by atoms with van der Waals surface area (Å²) in [5.41, 5.74) is 0.684. The number of hydrazine groups is 1. The zero-order chi connectivity index (χ0) is 30.7. The van der Waals surface area contributed by atoms with Gasteiger partial charge in [-0.05, 0) is 96.8 Å². The summed E-state index contributed by atoms with van der Waals surface area (Å²) < 4.78 is 10.6. The van der Waals surface area contributed by atoms with Gasteiger partial charge in [0.2, 0.25) is 0 Å². The number of hydrogen-bond donors (Lipinski definition) is 0. The molecule has 10 heteroatoms. The van der Waals surface area contributed by atoms with E-state index in [9.17, 15) is 24.0 Å². The van der Waals surface area contributed by atoms with Crippen molar-refractivity contribution in [2.24, 2.45) is 35.5 Å². The van der Waals surface area contributed by atoms with E-state index in [1.807, 2.05) is 12.2 Å². The van der Waals surface area contributed by atoms with Crippen molar-refractivity contribution in [2.45, 2.75) is 6.42 Å². The number of esters is 1. The first-order valence-electron chi connectivity index (χ1n) is 14.4. The van der Waals surface area contributed by atoms with E-state index in [0.29, 0.717) is 28.2 Å². The lowest BCUT2D eigenvalue weighted by molar-refractivity contribution is -0.154. The number of allylic oxidation sites excluding steroid dienone is 2. The summed E-state index contributed by atoms with van der Waals surface area (Å²) in [5.74, 6) is -2.29. The number of methoxy groups -OCH3 is 1. The zero-order valence-electron chi connectivity index (χ0n) is 23.6. The number of amides is 3. The second kappa shape index (κ2) is 10.7. The van der Waals surface area contributed by atoms with Crippen LogP contribution in [-0.4, -0.2) is 53.1 Å². The smallest absolute Gasteiger partial charge is 0.343 e.